The van der Waals surface area contributed by atoms with Crippen molar-refractivity contribution in [2.45, 2.75) is 19.4 Å². The minimum absolute atomic E-state index is 0.132. The van der Waals surface area contributed by atoms with Crippen molar-refractivity contribution in [1.82, 2.24) is 5.32 Å². The van der Waals surface area contributed by atoms with Crippen LogP contribution in [-0.2, 0) is 6.42 Å². The number of likely N-dealkylation sites (N-methyl/N-ethyl adjacent to an activating group) is 1. The Morgan fingerprint density at radius 2 is 2.05 bits per heavy atom. The maximum atomic E-state index is 13.5. The van der Waals surface area contributed by atoms with Crippen LogP contribution in [0.25, 0.3) is 0 Å². The monoisotopic (exact) mass is 355 g/mol. The van der Waals surface area contributed by atoms with Crippen LogP contribution in [0, 0.1) is 12.7 Å². The fourth-order valence-electron chi connectivity index (χ4n) is 2.27. The van der Waals surface area contributed by atoms with Crippen LogP contribution >= 0.6 is 27.5 Å². The molecule has 0 saturated carbocycles. The molecule has 0 saturated heterocycles. The van der Waals surface area contributed by atoms with Gasteiger partial charge in [0.1, 0.15) is 5.82 Å². The van der Waals surface area contributed by atoms with Gasteiger partial charge in [0.15, 0.2) is 0 Å². The lowest BCUT2D eigenvalue weighted by Gasteiger charge is -2.20. The first-order valence-corrected chi connectivity index (χ1v) is 7.56. The molecule has 0 aromatic heterocycles. The molecule has 0 amide bonds. The summed E-state index contributed by atoms with van der Waals surface area (Å²) in [5.74, 6) is -0.370. The molecule has 2 rings (SSSR count). The van der Waals surface area contributed by atoms with Gasteiger partial charge in [-0.25, -0.2) is 4.39 Å². The first kappa shape index (κ1) is 15.5. The molecule has 1 N–H and O–H groups in total. The Bertz CT molecular complexity index is 615. The smallest absolute Gasteiger partial charge is 0.142 e. The normalized spacial score (nSPS) is 12.4. The van der Waals surface area contributed by atoms with Gasteiger partial charge in [0.25, 0.3) is 0 Å². The van der Waals surface area contributed by atoms with E-state index in [1.807, 2.05) is 25.2 Å². The Labute approximate surface area is 132 Å². The van der Waals surface area contributed by atoms with Crippen molar-refractivity contribution in [1.29, 1.82) is 0 Å². The van der Waals surface area contributed by atoms with Crippen LogP contribution in [-0.4, -0.2) is 7.05 Å². The summed E-state index contributed by atoms with van der Waals surface area (Å²) in [5.41, 5.74) is 3.32. The Kier molecular flexibility index (Phi) is 5.19. The summed E-state index contributed by atoms with van der Waals surface area (Å²) in [6, 6.07) is 11.2. The summed E-state index contributed by atoms with van der Waals surface area (Å²) in [5, 5.41) is 3.45. The van der Waals surface area contributed by atoms with Crippen LogP contribution in [0.2, 0.25) is 5.02 Å². The minimum Gasteiger partial charge on any atom is -0.313 e. The lowest BCUT2D eigenvalue weighted by Crippen LogP contribution is -2.20. The standard InChI is InChI=1S/C16H16BrClFN/c1-10-12(4-3-5-13(10)17)16(20-2)9-11-6-7-14(18)15(19)8-11/h3-8,16,20H,9H2,1-2H3. The van der Waals surface area contributed by atoms with Crippen LogP contribution in [0.1, 0.15) is 22.7 Å². The number of benzene rings is 2. The van der Waals surface area contributed by atoms with Crippen molar-refractivity contribution < 1.29 is 4.39 Å². The highest BCUT2D eigenvalue weighted by Gasteiger charge is 2.14. The number of nitrogens with one attached hydrogen (secondary N) is 1. The lowest BCUT2D eigenvalue weighted by molar-refractivity contribution is 0.581. The van der Waals surface area contributed by atoms with E-state index in [-0.39, 0.29) is 16.9 Å². The van der Waals surface area contributed by atoms with E-state index in [2.05, 4.69) is 34.2 Å². The third-order valence-corrected chi connectivity index (χ3v) is 4.62. The Morgan fingerprint density at radius 1 is 1.30 bits per heavy atom. The first-order valence-electron chi connectivity index (χ1n) is 6.39. The highest BCUT2D eigenvalue weighted by molar-refractivity contribution is 9.10. The fraction of sp³-hybridized carbons (Fsp3) is 0.250. The quantitative estimate of drug-likeness (QED) is 0.808. The van der Waals surface area contributed by atoms with Gasteiger partial charge in [-0.2, -0.15) is 0 Å². The fourth-order valence-corrected chi connectivity index (χ4v) is 2.77. The van der Waals surface area contributed by atoms with Gasteiger partial charge in [0.2, 0.25) is 0 Å². The predicted molar refractivity (Wildman–Crippen MR) is 85.8 cm³/mol. The molecule has 20 heavy (non-hydrogen) atoms. The van der Waals surface area contributed by atoms with Gasteiger partial charge < -0.3 is 5.32 Å². The van der Waals surface area contributed by atoms with Crippen molar-refractivity contribution in [3.05, 3.63) is 68.4 Å². The second-order valence-corrected chi connectivity index (χ2v) is 6.01. The average molecular weight is 357 g/mol. The average Bonchev–Trinajstić information content (AvgIpc) is 2.43. The maximum Gasteiger partial charge on any atom is 0.142 e. The summed E-state index contributed by atoms with van der Waals surface area (Å²) in [6.07, 6.45) is 0.710. The van der Waals surface area contributed by atoms with Gasteiger partial charge >= 0.3 is 0 Å². The second-order valence-electron chi connectivity index (χ2n) is 4.75. The molecule has 0 spiro atoms. The lowest BCUT2D eigenvalue weighted by atomic mass is 9.95. The molecule has 4 heteroatoms. The van der Waals surface area contributed by atoms with Gasteiger partial charge in [0.05, 0.1) is 5.02 Å². The molecule has 106 valence electrons. The summed E-state index contributed by atoms with van der Waals surface area (Å²) in [4.78, 5) is 0. The van der Waals surface area contributed by atoms with Crippen molar-refractivity contribution in [2.24, 2.45) is 0 Å². The number of hydrogen-bond acceptors (Lipinski definition) is 1. The molecule has 2 aromatic carbocycles. The molecule has 0 aliphatic heterocycles. The minimum atomic E-state index is -0.370. The van der Waals surface area contributed by atoms with Crippen molar-refractivity contribution in [3.63, 3.8) is 0 Å². The summed E-state index contributed by atoms with van der Waals surface area (Å²) < 4.78 is 14.6. The van der Waals surface area contributed by atoms with Crippen LogP contribution in [0.5, 0.6) is 0 Å². The summed E-state index contributed by atoms with van der Waals surface area (Å²) in [6.45, 7) is 2.08. The SMILES string of the molecule is CNC(Cc1ccc(Cl)c(F)c1)c1cccc(Br)c1C. The molecule has 1 nitrogen and oxygen atoms in total. The molecular weight excluding hydrogens is 341 g/mol. The Morgan fingerprint density at radius 3 is 2.70 bits per heavy atom. The molecule has 0 aliphatic rings. The van der Waals surface area contributed by atoms with E-state index in [0.717, 1.165) is 10.0 Å². The molecule has 1 atom stereocenters. The van der Waals surface area contributed by atoms with Gasteiger partial charge in [-0.15, -0.1) is 0 Å². The molecule has 2 aromatic rings. The highest BCUT2D eigenvalue weighted by atomic mass is 79.9. The van der Waals surface area contributed by atoms with E-state index >= 15 is 0 Å². The molecule has 0 heterocycles. The third-order valence-electron chi connectivity index (χ3n) is 3.46. The second kappa shape index (κ2) is 6.70. The van der Waals surface area contributed by atoms with Crippen LogP contribution in [0.4, 0.5) is 4.39 Å². The molecule has 0 fully saturated rings. The van der Waals surface area contributed by atoms with E-state index in [1.165, 1.54) is 17.2 Å². The zero-order valence-electron chi connectivity index (χ0n) is 11.4. The van der Waals surface area contributed by atoms with Gasteiger partial charge in [0, 0.05) is 10.5 Å². The van der Waals surface area contributed by atoms with Gasteiger partial charge in [-0.1, -0.05) is 45.7 Å². The zero-order chi connectivity index (χ0) is 14.7. The van der Waals surface area contributed by atoms with Crippen molar-refractivity contribution in [2.75, 3.05) is 7.05 Å². The van der Waals surface area contributed by atoms with Crippen molar-refractivity contribution in [3.8, 4) is 0 Å². The number of hydrogen-bond donors (Lipinski definition) is 1. The number of rotatable bonds is 4. The third kappa shape index (κ3) is 3.40. The zero-order valence-corrected chi connectivity index (χ0v) is 13.7. The van der Waals surface area contributed by atoms with Gasteiger partial charge in [-0.05, 0) is 55.3 Å². The number of halogens is 3. The Balaban J connectivity index is 2.28. The molecule has 0 radical (unpaired) electrons. The highest BCUT2D eigenvalue weighted by Crippen LogP contribution is 2.27. The van der Waals surface area contributed by atoms with E-state index in [0.29, 0.717) is 6.42 Å². The summed E-state index contributed by atoms with van der Waals surface area (Å²) >= 11 is 9.26. The van der Waals surface area contributed by atoms with E-state index in [4.69, 9.17) is 11.6 Å². The topological polar surface area (TPSA) is 12.0 Å². The molecule has 1 unspecified atom stereocenters. The largest absolute Gasteiger partial charge is 0.313 e. The Hall–Kier alpha value is -0.900. The van der Waals surface area contributed by atoms with E-state index < -0.39 is 0 Å². The van der Waals surface area contributed by atoms with Crippen molar-refractivity contribution >= 4 is 27.5 Å². The molecular formula is C16H16BrClFN. The summed E-state index contributed by atoms with van der Waals surface area (Å²) in [7, 11) is 1.91. The maximum absolute atomic E-state index is 13.5. The van der Waals surface area contributed by atoms with Crippen LogP contribution in [0.15, 0.2) is 40.9 Å². The van der Waals surface area contributed by atoms with E-state index in [9.17, 15) is 4.39 Å². The predicted octanol–water partition coefficient (Wildman–Crippen LogP) is 5.05. The van der Waals surface area contributed by atoms with Crippen LogP contribution in [0.3, 0.4) is 0 Å². The van der Waals surface area contributed by atoms with Gasteiger partial charge in [-0.3, -0.25) is 0 Å². The first-order chi connectivity index (χ1) is 9.52. The molecule has 0 bridgehead atoms. The molecule has 0 aliphatic carbocycles. The van der Waals surface area contributed by atoms with Crippen LogP contribution < -0.4 is 5.32 Å². The van der Waals surface area contributed by atoms with E-state index in [1.54, 1.807) is 6.07 Å².